The summed E-state index contributed by atoms with van der Waals surface area (Å²) < 4.78 is 16.6. The van der Waals surface area contributed by atoms with Crippen LogP contribution in [0.5, 0.6) is 0 Å². The third-order valence-corrected chi connectivity index (χ3v) is 3.55. The molecular formula is C11H10O3S. The Balaban J connectivity index is 2.28. The molecule has 0 spiro atoms. The maximum atomic E-state index is 11.9. The number of rotatable bonds is 2. The van der Waals surface area contributed by atoms with Crippen molar-refractivity contribution in [1.29, 1.82) is 0 Å². The first-order valence-electron chi connectivity index (χ1n) is 4.54. The van der Waals surface area contributed by atoms with E-state index in [1.54, 1.807) is 18.2 Å². The van der Waals surface area contributed by atoms with Gasteiger partial charge in [0.15, 0.2) is 0 Å². The van der Waals surface area contributed by atoms with Crippen LogP contribution < -0.4 is 0 Å². The molecule has 0 bridgehead atoms. The molecule has 78 valence electrons. The lowest BCUT2D eigenvalue weighted by Gasteiger charge is -2.01. The van der Waals surface area contributed by atoms with Gasteiger partial charge in [-0.3, -0.25) is 0 Å². The fourth-order valence-electron chi connectivity index (χ4n) is 1.29. The van der Waals surface area contributed by atoms with E-state index in [2.05, 4.69) is 0 Å². The molecule has 3 nitrogen and oxygen atoms in total. The molecule has 0 saturated heterocycles. The van der Waals surface area contributed by atoms with Gasteiger partial charge >= 0.3 is 5.97 Å². The van der Waals surface area contributed by atoms with E-state index < -0.39 is 16.8 Å². The first-order chi connectivity index (χ1) is 7.18. The highest BCUT2D eigenvalue weighted by Crippen LogP contribution is 2.19. The van der Waals surface area contributed by atoms with Crippen molar-refractivity contribution in [2.45, 2.75) is 11.8 Å². The second kappa shape index (κ2) is 3.98. The van der Waals surface area contributed by atoms with Crippen molar-refractivity contribution >= 4 is 16.8 Å². The number of ether oxygens (including phenoxy) is 1. The van der Waals surface area contributed by atoms with E-state index >= 15 is 0 Å². The van der Waals surface area contributed by atoms with Crippen molar-refractivity contribution in [2.75, 3.05) is 6.61 Å². The van der Waals surface area contributed by atoms with Crippen LogP contribution in [0, 0.1) is 6.92 Å². The summed E-state index contributed by atoms with van der Waals surface area (Å²) >= 11 is 0. The van der Waals surface area contributed by atoms with Crippen LogP contribution in [0.4, 0.5) is 0 Å². The molecule has 1 aromatic carbocycles. The van der Waals surface area contributed by atoms with Crippen LogP contribution in [0.2, 0.25) is 0 Å². The highest BCUT2D eigenvalue weighted by Gasteiger charge is 2.23. The Morgan fingerprint density at radius 3 is 2.47 bits per heavy atom. The minimum Gasteiger partial charge on any atom is -0.457 e. The predicted molar refractivity (Wildman–Crippen MR) is 56.6 cm³/mol. The summed E-state index contributed by atoms with van der Waals surface area (Å²) in [5.74, 6) is -0.478. The first kappa shape index (κ1) is 10.1. The lowest BCUT2D eigenvalue weighted by Crippen LogP contribution is -2.05. The number of hydrogen-bond donors (Lipinski definition) is 0. The van der Waals surface area contributed by atoms with E-state index in [-0.39, 0.29) is 11.5 Å². The summed E-state index contributed by atoms with van der Waals surface area (Å²) in [5, 5.41) is 0. The number of hydrogen-bond acceptors (Lipinski definition) is 3. The van der Waals surface area contributed by atoms with E-state index in [0.717, 1.165) is 5.56 Å². The van der Waals surface area contributed by atoms with E-state index in [1.807, 2.05) is 19.1 Å². The molecule has 15 heavy (non-hydrogen) atoms. The molecule has 2 rings (SSSR count). The standard InChI is InChI=1S/C11H10O3S/c1-8-2-4-9(5-3-8)15(13)10-6-7-14-11(10)12/h2-6H,7H2,1H3/t15-/m0/s1. The Morgan fingerprint density at radius 2 is 1.93 bits per heavy atom. The summed E-state index contributed by atoms with van der Waals surface area (Å²) in [6.45, 7) is 2.18. The molecule has 0 aliphatic carbocycles. The number of carbonyl (C=O) groups is 1. The van der Waals surface area contributed by atoms with Crippen molar-refractivity contribution < 1.29 is 13.7 Å². The first-order valence-corrected chi connectivity index (χ1v) is 5.69. The smallest absolute Gasteiger partial charge is 0.347 e. The molecule has 0 saturated carbocycles. The van der Waals surface area contributed by atoms with Gasteiger partial charge in [-0.1, -0.05) is 17.7 Å². The topological polar surface area (TPSA) is 43.4 Å². The number of carbonyl (C=O) groups excluding carboxylic acids is 1. The molecule has 0 aromatic heterocycles. The Kier molecular flexibility index (Phi) is 2.68. The van der Waals surface area contributed by atoms with E-state index in [1.165, 1.54) is 0 Å². The van der Waals surface area contributed by atoms with E-state index in [4.69, 9.17) is 4.74 Å². The molecule has 0 radical (unpaired) electrons. The van der Waals surface area contributed by atoms with Crippen LogP contribution in [-0.2, 0) is 20.3 Å². The molecule has 1 aromatic rings. The monoisotopic (exact) mass is 222 g/mol. The van der Waals surface area contributed by atoms with Crippen molar-refractivity contribution in [1.82, 2.24) is 0 Å². The summed E-state index contributed by atoms with van der Waals surface area (Å²) in [6.07, 6.45) is 1.57. The van der Waals surface area contributed by atoms with Crippen LogP contribution in [0.1, 0.15) is 5.56 Å². The summed E-state index contributed by atoms with van der Waals surface area (Å²) in [5.41, 5.74) is 1.10. The zero-order valence-electron chi connectivity index (χ0n) is 8.23. The molecule has 1 aliphatic heterocycles. The Bertz CT molecular complexity index is 445. The van der Waals surface area contributed by atoms with Gasteiger partial charge in [0, 0.05) is 4.90 Å². The van der Waals surface area contributed by atoms with E-state index in [0.29, 0.717) is 4.90 Å². The number of benzene rings is 1. The van der Waals surface area contributed by atoms with Gasteiger partial charge in [-0.05, 0) is 25.1 Å². The molecule has 1 aliphatic rings. The van der Waals surface area contributed by atoms with Gasteiger partial charge in [-0.25, -0.2) is 9.00 Å². The zero-order chi connectivity index (χ0) is 10.8. The van der Waals surface area contributed by atoms with Crippen molar-refractivity contribution in [3.05, 3.63) is 40.8 Å². The van der Waals surface area contributed by atoms with Crippen LogP contribution in [0.15, 0.2) is 40.1 Å². The van der Waals surface area contributed by atoms with Gasteiger partial charge in [-0.15, -0.1) is 0 Å². The fourth-order valence-corrected chi connectivity index (χ4v) is 2.35. The maximum absolute atomic E-state index is 11.9. The average molecular weight is 222 g/mol. The summed E-state index contributed by atoms with van der Waals surface area (Å²) in [7, 11) is -1.41. The van der Waals surface area contributed by atoms with Gasteiger partial charge in [0.1, 0.15) is 11.5 Å². The summed E-state index contributed by atoms with van der Waals surface area (Å²) in [4.78, 5) is 12.1. The second-order valence-corrected chi connectivity index (χ2v) is 4.70. The highest BCUT2D eigenvalue weighted by atomic mass is 32.2. The second-order valence-electron chi connectivity index (χ2n) is 3.25. The minimum atomic E-state index is -1.41. The van der Waals surface area contributed by atoms with Gasteiger partial charge in [-0.2, -0.15) is 0 Å². The quantitative estimate of drug-likeness (QED) is 0.713. The largest absolute Gasteiger partial charge is 0.457 e. The van der Waals surface area contributed by atoms with Crippen LogP contribution in [-0.4, -0.2) is 16.8 Å². The third-order valence-electron chi connectivity index (χ3n) is 2.12. The fraction of sp³-hybridized carbons (Fsp3) is 0.182. The van der Waals surface area contributed by atoms with Crippen molar-refractivity contribution in [3.63, 3.8) is 0 Å². The lowest BCUT2D eigenvalue weighted by atomic mass is 10.2. The molecule has 1 atom stereocenters. The van der Waals surface area contributed by atoms with Gasteiger partial charge < -0.3 is 4.74 Å². The Hall–Kier alpha value is -1.42. The maximum Gasteiger partial charge on any atom is 0.347 e. The SMILES string of the molecule is Cc1ccc([S@](=O)C2=CCOC2=O)cc1. The molecule has 1 heterocycles. The van der Waals surface area contributed by atoms with Gasteiger partial charge in [0.2, 0.25) is 0 Å². The van der Waals surface area contributed by atoms with E-state index in [9.17, 15) is 9.00 Å². The molecule has 4 heteroatoms. The van der Waals surface area contributed by atoms with Crippen LogP contribution in [0.25, 0.3) is 0 Å². The molecule has 0 N–H and O–H groups in total. The number of esters is 1. The van der Waals surface area contributed by atoms with Crippen molar-refractivity contribution in [3.8, 4) is 0 Å². The number of cyclic esters (lactones) is 1. The normalized spacial score (nSPS) is 17.1. The van der Waals surface area contributed by atoms with Gasteiger partial charge in [0.25, 0.3) is 0 Å². The lowest BCUT2D eigenvalue weighted by molar-refractivity contribution is -0.135. The summed E-state index contributed by atoms with van der Waals surface area (Å²) in [6, 6.07) is 7.26. The molecule has 0 unspecified atom stereocenters. The van der Waals surface area contributed by atoms with Crippen molar-refractivity contribution in [2.24, 2.45) is 0 Å². The third kappa shape index (κ3) is 1.99. The molecular weight excluding hydrogens is 212 g/mol. The minimum absolute atomic E-state index is 0.228. The van der Waals surface area contributed by atoms with Gasteiger partial charge in [0.05, 0.1) is 10.8 Å². The zero-order valence-corrected chi connectivity index (χ0v) is 9.04. The Morgan fingerprint density at radius 1 is 1.27 bits per heavy atom. The average Bonchev–Trinajstić information content (AvgIpc) is 2.65. The Labute approximate surface area is 90.2 Å². The predicted octanol–water partition coefficient (Wildman–Crippen LogP) is 1.54. The van der Waals surface area contributed by atoms with Crippen LogP contribution in [0.3, 0.4) is 0 Å². The molecule has 0 amide bonds. The highest BCUT2D eigenvalue weighted by molar-refractivity contribution is 7.90. The number of aryl methyl sites for hydroxylation is 1. The van der Waals surface area contributed by atoms with Crippen LogP contribution >= 0.6 is 0 Å². The molecule has 0 fully saturated rings.